The van der Waals surface area contributed by atoms with Gasteiger partial charge < -0.3 is 9.84 Å². The maximum Gasteiger partial charge on any atom is 0.251 e. The van der Waals surface area contributed by atoms with E-state index < -0.39 is 0 Å². The summed E-state index contributed by atoms with van der Waals surface area (Å²) in [5.41, 5.74) is 4.94. The molecule has 1 N–H and O–H groups in total. The second kappa shape index (κ2) is 8.17. The highest BCUT2D eigenvalue weighted by molar-refractivity contribution is 7.13. The van der Waals surface area contributed by atoms with E-state index in [0.29, 0.717) is 16.8 Å². The van der Waals surface area contributed by atoms with E-state index in [4.69, 9.17) is 9.51 Å². The van der Waals surface area contributed by atoms with E-state index in [1.54, 1.807) is 23.5 Å². The van der Waals surface area contributed by atoms with Gasteiger partial charge in [0.2, 0.25) is 0 Å². The van der Waals surface area contributed by atoms with Crippen LogP contribution in [0.4, 0.5) is 0 Å². The molecule has 0 spiro atoms. The van der Waals surface area contributed by atoms with Gasteiger partial charge in [0.05, 0.1) is 5.39 Å². The van der Waals surface area contributed by atoms with Crippen LogP contribution in [0.1, 0.15) is 42.6 Å². The van der Waals surface area contributed by atoms with Gasteiger partial charge in [0.1, 0.15) is 16.4 Å². The SMILES string of the molecule is CCC(CC)NC(=O)c1ccc2onc(-c3csc(-c4ccc(C)cc4)n3)c2c1. The fraction of sp³-hybridized carbons (Fsp3) is 0.261. The summed E-state index contributed by atoms with van der Waals surface area (Å²) in [4.78, 5) is 17.4. The van der Waals surface area contributed by atoms with Crippen LogP contribution in [-0.4, -0.2) is 22.1 Å². The van der Waals surface area contributed by atoms with Gasteiger partial charge in [0.15, 0.2) is 5.58 Å². The molecule has 5 nitrogen and oxygen atoms in total. The first-order chi connectivity index (χ1) is 14.1. The minimum absolute atomic E-state index is 0.0774. The molecule has 0 atom stereocenters. The molecule has 0 unspecified atom stereocenters. The Labute approximate surface area is 173 Å². The highest BCUT2D eigenvalue weighted by Crippen LogP contribution is 2.33. The summed E-state index contributed by atoms with van der Waals surface area (Å²) in [6.07, 6.45) is 1.81. The summed E-state index contributed by atoms with van der Waals surface area (Å²) in [6, 6.07) is 13.9. The Balaban J connectivity index is 1.66. The normalized spacial score (nSPS) is 11.3. The Kier molecular flexibility index (Phi) is 5.45. The fourth-order valence-electron chi connectivity index (χ4n) is 3.24. The number of thiazole rings is 1. The van der Waals surface area contributed by atoms with Gasteiger partial charge in [-0.2, -0.15) is 0 Å². The van der Waals surface area contributed by atoms with Crippen molar-refractivity contribution in [3.8, 4) is 22.0 Å². The van der Waals surface area contributed by atoms with E-state index in [0.717, 1.165) is 34.5 Å². The van der Waals surface area contributed by atoms with Crippen molar-refractivity contribution in [2.24, 2.45) is 0 Å². The van der Waals surface area contributed by atoms with Crippen molar-refractivity contribution in [2.75, 3.05) is 0 Å². The fourth-order valence-corrected chi connectivity index (χ4v) is 4.05. The lowest BCUT2D eigenvalue weighted by Crippen LogP contribution is -2.33. The maximum atomic E-state index is 12.6. The lowest BCUT2D eigenvalue weighted by Gasteiger charge is -2.14. The zero-order chi connectivity index (χ0) is 20.4. The summed E-state index contributed by atoms with van der Waals surface area (Å²) in [5.74, 6) is -0.0774. The molecule has 2 aromatic carbocycles. The number of aromatic nitrogens is 2. The quantitative estimate of drug-likeness (QED) is 0.437. The van der Waals surface area contributed by atoms with Gasteiger partial charge in [-0.25, -0.2) is 4.98 Å². The molecule has 0 aliphatic carbocycles. The number of aryl methyl sites for hydroxylation is 1. The molecule has 0 fully saturated rings. The summed E-state index contributed by atoms with van der Waals surface area (Å²) >= 11 is 1.57. The molecule has 0 bridgehead atoms. The van der Waals surface area contributed by atoms with Gasteiger partial charge in [-0.05, 0) is 38.0 Å². The monoisotopic (exact) mass is 405 g/mol. The zero-order valence-electron chi connectivity index (χ0n) is 16.7. The molecule has 0 radical (unpaired) electrons. The summed E-state index contributed by atoms with van der Waals surface area (Å²) < 4.78 is 5.48. The van der Waals surface area contributed by atoms with Crippen molar-refractivity contribution in [3.63, 3.8) is 0 Å². The van der Waals surface area contributed by atoms with Crippen LogP contribution in [0.15, 0.2) is 52.4 Å². The van der Waals surface area contributed by atoms with Crippen molar-refractivity contribution in [3.05, 3.63) is 59.0 Å². The number of rotatable bonds is 6. The van der Waals surface area contributed by atoms with Crippen molar-refractivity contribution in [1.29, 1.82) is 0 Å². The summed E-state index contributed by atoms with van der Waals surface area (Å²) in [6.45, 7) is 6.21. The second-order valence-corrected chi connectivity index (χ2v) is 7.99. The zero-order valence-corrected chi connectivity index (χ0v) is 17.5. The molecule has 6 heteroatoms. The molecular weight excluding hydrogens is 382 g/mol. The second-order valence-electron chi connectivity index (χ2n) is 7.13. The molecule has 148 valence electrons. The Morgan fingerprint density at radius 3 is 2.62 bits per heavy atom. The highest BCUT2D eigenvalue weighted by atomic mass is 32.1. The van der Waals surface area contributed by atoms with Crippen LogP contribution < -0.4 is 5.32 Å². The Hall–Kier alpha value is -2.99. The van der Waals surface area contributed by atoms with Gasteiger partial charge in [0.25, 0.3) is 5.91 Å². The lowest BCUT2D eigenvalue weighted by molar-refractivity contribution is 0.0935. The van der Waals surface area contributed by atoms with Crippen molar-refractivity contribution >= 4 is 28.2 Å². The number of carbonyl (C=O) groups excluding carboxylic acids is 1. The van der Waals surface area contributed by atoms with Crippen molar-refractivity contribution in [1.82, 2.24) is 15.5 Å². The smallest absolute Gasteiger partial charge is 0.251 e. The van der Waals surface area contributed by atoms with Crippen LogP contribution in [0, 0.1) is 6.92 Å². The molecule has 4 rings (SSSR count). The van der Waals surface area contributed by atoms with E-state index in [-0.39, 0.29) is 11.9 Å². The van der Waals surface area contributed by atoms with Crippen molar-refractivity contribution in [2.45, 2.75) is 39.7 Å². The molecule has 29 heavy (non-hydrogen) atoms. The standard InChI is InChI=1S/C23H23N3O2S/c1-4-17(5-2)24-22(27)16-10-11-20-18(12-16)21(26-28-20)19-13-29-23(25-19)15-8-6-14(3)7-9-15/h6-13,17H,4-5H2,1-3H3,(H,24,27). The predicted octanol–water partition coefficient (Wildman–Crippen LogP) is 5.85. The highest BCUT2D eigenvalue weighted by Gasteiger charge is 2.17. The largest absolute Gasteiger partial charge is 0.356 e. The van der Waals surface area contributed by atoms with Crippen LogP contribution in [0.2, 0.25) is 0 Å². The number of hydrogen-bond acceptors (Lipinski definition) is 5. The van der Waals surface area contributed by atoms with E-state index in [9.17, 15) is 4.79 Å². The third-order valence-electron chi connectivity index (χ3n) is 5.10. The minimum Gasteiger partial charge on any atom is -0.356 e. The summed E-state index contributed by atoms with van der Waals surface area (Å²) in [7, 11) is 0. The first kappa shape index (κ1) is 19.3. The van der Waals surface area contributed by atoms with Crippen LogP contribution in [0.5, 0.6) is 0 Å². The number of fused-ring (bicyclic) bond motifs is 1. The number of hydrogen-bond donors (Lipinski definition) is 1. The number of amides is 1. The predicted molar refractivity (Wildman–Crippen MR) is 117 cm³/mol. The van der Waals surface area contributed by atoms with Crippen LogP contribution in [0.25, 0.3) is 32.9 Å². The topological polar surface area (TPSA) is 68.0 Å². The molecule has 4 aromatic rings. The molecule has 0 saturated carbocycles. The number of nitrogens with zero attached hydrogens (tertiary/aromatic N) is 2. The van der Waals surface area contributed by atoms with E-state index in [1.807, 2.05) is 11.4 Å². The Bertz CT molecular complexity index is 1140. The van der Waals surface area contributed by atoms with E-state index in [1.165, 1.54) is 5.56 Å². The molecule has 0 saturated heterocycles. The molecule has 1 amide bonds. The summed E-state index contributed by atoms with van der Waals surface area (Å²) in [5, 5.41) is 11.0. The Morgan fingerprint density at radius 2 is 1.90 bits per heavy atom. The number of benzene rings is 2. The number of nitrogens with one attached hydrogen (secondary N) is 1. The first-order valence-electron chi connectivity index (χ1n) is 9.82. The van der Waals surface area contributed by atoms with E-state index >= 15 is 0 Å². The van der Waals surface area contributed by atoms with Crippen molar-refractivity contribution < 1.29 is 9.32 Å². The minimum atomic E-state index is -0.0774. The molecule has 0 aliphatic heterocycles. The maximum absolute atomic E-state index is 12.6. The molecule has 2 aromatic heterocycles. The molecule has 0 aliphatic rings. The third kappa shape index (κ3) is 3.93. The lowest BCUT2D eigenvalue weighted by atomic mass is 10.1. The van der Waals surface area contributed by atoms with Crippen LogP contribution in [0.3, 0.4) is 0 Å². The Morgan fingerprint density at radius 1 is 1.14 bits per heavy atom. The van der Waals surface area contributed by atoms with Gasteiger partial charge in [0, 0.05) is 22.5 Å². The van der Waals surface area contributed by atoms with Crippen LogP contribution in [-0.2, 0) is 0 Å². The first-order valence-corrected chi connectivity index (χ1v) is 10.7. The average Bonchev–Trinajstić information content (AvgIpc) is 3.38. The average molecular weight is 406 g/mol. The van der Waals surface area contributed by atoms with Gasteiger partial charge in [-0.1, -0.05) is 48.8 Å². The third-order valence-corrected chi connectivity index (χ3v) is 5.99. The van der Waals surface area contributed by atoms with Gasteiger partial charge >= 0.3 is 0 Å². The van der Waals surface area contributed by atoms with Gasteiger partial charge in [-0.15, -0.1) is 11.3 Å². The van der Waals surface area contributed by atoms with E-state index in [2.05, 4.69) is 55.5 Å². The molecular formula is C23H23N3O2S. The number of carbonyl (C=O) groups is 1. The van der Waals surface area contributed by atoms with Crippen LogP contribution >= 0.6 is 11.3 Å². The molecule has 2 heterocycles. The van der Waals surface area contributed by atoms with Gasteiger partial charge in [-0.3, -0.25) is 4.79 Å².